The minimum absolute atomic E-state index is 0.0753. The number of benzene rings is 2. The van der Waals surface area contributed by atoms with E-state index in [0.29, 0.717) is 5.56 Å². The average Bonchev–Trinajstić information content (AvgIpc) is 2.53. The second-order valence-electron chi connectivity index (χ2n) is 4.78. The first-order valence-corrected chi connectivity index (χ1v) is 8.15. The maximum absolute atomic E-state index is 12.4. The molecule has 116 valence electrons. The van der Waals surface area contributed by atoms with Gasteiger partial charge in [0, 0.05) is 6.54 Å². The van der Waals surface area contributed by atoms with Crippen LogP contribution in [0.5, 0.6) is 0 Å². The minimum atomic E-state index is -3.71. The molecular weight excluding hydrogens is 302 g/mol. The molecule has 0 amide bonds. The van der Waals surface area contributed by atoms with Gasteiger partial charge in [-0.3, -0.25) is 0 Å². The second kappa shape index (κ2) is 6.72. The summed E-state index contributed by atoms with van der Waals surface area (Å²) in [6, 6.07) is 13.7. The van der Waals surface area contributed by atoms with E-state index in [1.807, 2.05) is 30.3 Å². The average molecular weight is 319 g/mol. The zero-order valence-corrected chi connectivity index (χ0v) is 13.2. The number of carbonyl (C=O) groups is 1. The summed E-state index contributed by atoms with van der Waals surface area (Å²) in [6.07, 6.45) is 0. The maximum atomic E-state index is 12.4. The van der Waals surface area contributed by atoms with Gasteiger partial charge in [-0.15, -0.1) is 0 Å². The zero-order valence-electron chi connectivity index (χ0n) is 12.4. The standard InChI is InChI=1S/C16H17NO4S/c1-12-8-9-14(16(18)21-2)10-15(12)22(19,20)17-11-13-6-4-3-5-7-13/h3-10,17H,11H2,1-2H3. The van der Waals surface area contributed by atoms with E-state index < -0.39 is 16.0 Å². The van der Waals surface area contributed by atoms with Crippen molar-refractivity contribution in [3.8, 4) is 0 Å². The Labute approximate surface area is 130 Å². The first-order valence-electron chi connectivity index (χ1n) is 6.66. The van der Waals surface area contributed by atoms with Gasteiger partial charge < -0.3 is 4.74 Å². The number of esters is 1. The van der Waals surface area contributed by atoms with Gasteiger partial charge in [-0.2, -0.15) is 0 Å². The molecular formula is C16H17NO4S. The summed E-state index contributed by atoms with van der Waals surface area (Å²) in [6.45, 7) is 1.86. The lowest BCUT2D eigenvalue weighted by atomic mass is 10.1. The molecule has 2 aromatic carbocycles. The first kappa shape index (κ1) is 16.2. The van der Waals surface area contributed by atoms with E-state index in [1.54, 1.807) is 13.0 Å². The fourth-order valence-corrected chi connectivity index (χ4v) is 3.27. The monoisotopic (exact) mass is 319 g/mol. The van der Waals surface area contributed by atoms with Crippen LogP contribution in [0.3, 0.4) is 0 Å². The molecule has 0 saturated carbocycles. The lowest BCUT2D eigenvalue weighted by Gasteiger charge is -2.10. The first-order chi connectivity index (χ1) is 10.4. The van der Waals surface area contributed by atoms with Gasteiger partial charge in [0.1, 0.15) is 0 Å². The summed E-state index contributed by atoms with van der Waals surface area (Å²) in [5, 5.41) is 0. The Balaban J connectivity index is 2.27. The molecule has 0 bridgehead atoms. The normalized spacial score (nSPS) is 11.2. The van der Waals surface area contributed by atoms with Crippen LogP contribution in [0.2, 0.25) is 0 Å². The molecule has 0 heterocycles. The van der Waals surface area contributed by atoms with E-state index in [2.05, 4.69) is 9.46 Å². The Morgan fingerprint density at radius 2 is 1.82 bits per heavy atom. The van der Waals surface area contributed by atoms with Crippen LogP contribution in [0.1, 0.15) is 21.5 Å². The van der Waals surface area contributed by atoms with Crippen LogP contribution in [-0.4, -0.2) is 21.5 Å². The summed E-state index contributed by atoms with van der Waals surface area (Å²) in [4.78, 5) is 11.6. The molecule has 0 aliphatic heterocycles. The number of aryl methyl sites for hydroxylation is 1. The number of ether oxygens (including phenoxy) is 1. The number of carbonyl (C=O) groups excluding carboxylic acids is 1. The largest absolute Gasteiger partial charge is 0.465 e. The highest BCUT2D eigenvalue weighted by Gasteiger charge is 2.19. The van der Waals surface area contributed by atoms with Crippen LogP contribution < -0.4 is 4.72 Å². The third-order valence-electron chi connectivity index (χ3n) is 3.21. The quantitative estimate of drug-likeness (QED) is 0.858. The number of nitrogens with one attached hydrogen (secondary N) is 1. The third kappa shape index (κ3) is 3.72. The Hall–Kier alpha value is -2.18. The Morgan fingerprint density at radius 3 is 2.45 bits per heavy atom. The molecule has 0 aliphatic carbocycles. The summed E-state index contributed by atoms with van der Waals surface area (Å²) in [5.74, 6) is -0.570. The van der Waals surface area contributed by atoms with Crippen molar-refractivity contribution >= 4 is 16.0 Å². The number of hydrogen-bond donors (Lipinski definition) is 1. The number of sulfonamides is 1. The van der Waals surface area contributed by atoms with Crippen molar-refractivity contribution in [2.45, 2.75) is 18.4 Å². The molecule has 0 saturated heterocycles. The molecule has 6 heteroatoms. The number of methoxy groups -OCH3 is 1. The van der Waals surface area contributed by atoms with Gasteiger partial charge in [0.2, 0.25) is 10.0 Å². The van der Waals surface area contributed by atoms with Crippen molar-refractivity contribution in [2.24, 2.45) is 0 Å². The van der Waals surface area contributed by atoms with E-state index in [4.69, 9.17) is 0 Å². The molecule has 0 radical (unpaired) electrons. The van der Waals surface area contributed by atoms with Gasteiger partial charge in [0.05, 0.1) is 17.6 Å². The molecule has 0 atom stereocenters. The molecule has 0 spiro atoms. The van der Waals surface area contributed by atoms with Gasteiger partial charge in [0.15, 0.2) is 0 Å². The second-order valence-corrected chi connectivity index (χ2v) is 6.52. The van der Waals surface area contributed by atoms with E-state index >= 15 is 0 Å². The van der Waals surface area contributed by atoms with E-state index in [0.717, 1.165) is 5.56 Å². The van der Waals surface area contributed by atoms with Crippen molar-refractivity contribution in [2.75, 3.05) is 7.11 Å². The molecule has 2 rings (SSSR count). The molecule has 22 heavy (non-hydrogen) atoms. The highest BCUT2D eigenvalue weighted by Crippen LogP contribution is 2.18. The van der Waals surface area contributed by atoms with Crippen molar-refractivity contribution in [1.82, 2.24) is 4.72 Å². The van der Waals surface area contributed by atoms with Crippen LogP contribution in [0.4, 0.5) is 0 Å². The molecule has 0 aromatic heterocycles. The highest BCUT2D eigenvalue weighted by atomic mass is 32.2. The molecule has 5 nitrogen and oxygen atoms in total. The SMILES string of the molecule is COC(=O)c1ccc(C)c(S(=O)(=O)NCc2ccccc2)c1. The highest BCUT2D eigenvalue weighted by molar-refractivity contribution is 7.89. The van der Waals surface area contributed by atoms with Crippen molar-refractivity contribution in [3.05, 3.63) is 65.2 Å². The van der Waals surface area contributed by atoms with Crippen LogP contribution in [0, 0.1) is 6.92 Å². The van der Waals surface area contributed by atoms with Crippen LogP contribution >= 0.6 is 0 Å². The summed E-state index contributed by atoms with van der Waals surface area (Å²) >= 11 is 0. The van der Waals surface area contributed by atoms with Gasteiger partial charge in [-0.1, -0.05) is 36.4 Å². The lowest BCUT2D eigenvalue weighted by molar-refractivity contribution is 0.0600. The van der Waals surface area contributed by atoms with Crippen molar-refractivity contribution < 1.29 is 17.9 Å². The van der Waals surface area contributed by atoms with Crippen molar-refractivity contribution in [1.29, 1.82) is 0 Å². The summed E-state index contributed by atoms with van der Waals surface area (Å²) in [7, 11) is -2.46. The Kier molecular flexibility index (Phi) is 4.95. The van der Waals surface area contributed by atoms with Gasteiger partial charge in [0.25, 0.3) is 0 Å². The van der Waals surface area contributed by atoms with Crippen LogP contribution in [0.25, 0.3) is 0 Å². The Morgan fingerprint density at radius 1 is 1.14 bits per heavy atom. The molecule has 1 N–H and O–H groups in total. The summed E-state index contributed by atoms with van der Waals surface area (Å²) < 4.78 is 32.0. The fourth-order valence-electron chi connectivity index (χ4n) is 1.99. The predicted molar refractivity (Wildman–Crippen MR) is 83.0 cm³/mol. The van der Waals surface area contributed by atoms with E-state index in [-0.39, 0.29) is 17.0 Å². The topological polar surface area (TPSA) is 72.5 Å². The molecule has 2 aromatic rings. The molecule has 0 unspecified atom stereocenters. The molecule has 0 aliphatic rings. The predicted octanol–water partition coefficient (Wildman–Crippen LogP) is 2.26. The smallest absolute Gasteiger partial charge is 0.337 e. The number of rotatable bonds is 5. The third-order valence-corrected chi connectivity index (χ3v) is 4.75. The maximum Gasteiger partial charge on any atom is 0.337 e. The lowest BCUT2D eigenvalue weighted by Crippen LogP contribution is -2.24. The Bertz CT molecular complexity index is 770. The van der Waals surface area contributed by atoms with Crippen LogP contribution in [0.15, 0.2) is 53.4 Å². The van der Waals surface area contributed by atoms with Gasteiger partial charge >= 0.3 is 5.97 Å². The number of hydrogen-bond acceptors (Lipinski definition) is 4. The molecule has 0 fully saturated rings. The fraction of sp³-hybridized carbons (Fsp3) is 0.188. The van der Waals surface area contributed by atoms with Crippen molar-refractivity contribution in [3.63, 3.8) is 0 Å². The zero-order chi connectivity index (χ0) is 16.2. The van der Waals surface area contributed by atoms with E-state index in [9.17, 15) is 13.2 Å². The van der Waals surface area contributed by atoms with Gasteiger partial charge in [-0.25, -0.2) is 17.9 Å². The van der Waals surface area contributed by atoms with E-state index in [1.165, 1.54) is 19.2 Å². The summed E-state index contributed by atoms with van der Waals surface area (Å²) in [5.41, 5.74) is 1.62. The van der Waals surface area contributed by atoms with Gasteiger partial charge in [-0.05, 0) is 30.2 Å². The minimum Gasteiger partial charge on any atom is -0.465 e. The van der Waals surface area contributed by atoms with Crippen LogP contribution in [-0.2, 0) is 21.3 Å².